The molecule has 0 aliphatic carbocycles. The molecular weight excluding hydrogens is 446 g/mol. The van der Waals surface area contributed by atoms with Crippen LogP contribution < -0.4 is 10.1 Å². The lowest BCUT2D eigenvalue weighted by molar-refractivity contribution is -0.113. The Balaban J connectivity index is 1.58. The number of thioether (sulfide) groups is 1. The molecule has 0 spiro atoms. The van der Waals surface area contributed by atoms with Gasteiger partial charge in [-0.05, 0) is 43.3 Å². The molecule has 1 aromatic heterocycles. The number of aromatic nitrogens is 3. The molecule has 4 aromatic rings. The Hall–Kier alpha value is -3.72. The van der Waals surface area contributed by atoms with Gasteiger partial charge in [-0.25, -0.2) is 8.78 Å². The van der Waals surface area contributed by atoms with E-state index in [-0.39, 0.29) is 11.4 Å². The Bertz CT molecular complexity index is 1250. The van der Waals surface area contributed by atoms with Crippen molar-refractivity contribution in [1.82, 2.24) is 14.8 Å². The number of rotatable bonds is 8. The van der Waals surface area contributed by atoms with Crippen molar-refractivity contribution in [2.24, 2.45) is 0 Å². The fourth-order valence-electron chi connectivity index (χ4n) is 3.14. The molecule has 0 radical (unpaired) electrons. The van der Waals surface area contributed by atoms with E-state index in [9.17, 15) is 13.6 Å². The largest absolute Gasteiger partial charge is 0.494 e. The Morgan fingerprint density at radius 1 is 1.03 bits per heavy atom. The standard InChI is InChI=1S/C24H20F2N4O2S/c1-2-32-19-11-9-18(10-12-19)30-23(16-6-4-3-5-7-16)28-29-24(30)33-15-22(31)27-21-13-8-17(25)14-20(21)26/h3-14H,2,15H2,1H3,(H,27,31). The number of halogens is 2. The highest BCUT2D eigenvalue weighted by molar-refractivity contribution is 7.99. The van der Waals surface area contributed by atoms with Gasteiger partial charge in [0.25, 0.3) is 0 Å². The van der Waals surface area contributed by atoms with Crippen molar-refractivity contribution < 1.29 is 18.3 Å². The Kier molecular flexibility index (Phi) is 6.99. The summed E-state index contributed by atoms with van der Waals surface area (Å²) in [5.74, 6) is -0.680. The maximum absolute atomic E-state index is 13.8. The van der Waals surface area contributed by atoms with Crippen LogP contribution in [-0.4, -0.2) is 33.0 Å². The lowest BCUT2D eigenvalue weighted by Gasteiger charge is -2.12. The third-order valence-corrected chi connectivity index (χ3v) is 5.54. The van der Waals surface area contributed by atoms with Gasteiger partial charge < -0.3 is 10.1 Å². The molecule has 0 aliphatic rings. The average molecular weight is 467 g/mol. The minimum Gasteiger partial charge on any atom is -0.494 e. The maximum atomic E-state index is 13.8. The first-order valence-electron chi connectivity index (χ1n) is 10.2. The van der Waals surface area contributed by atoms with Gasteiger partial charge in [0.2, 0.25) is 5.91 Å². The normalized spacial score (nSPS) is 10.8. The lowest BCUT2D eigenvalue weighted by atomic mass is 10.2. The SMILES string of the molecule is CCOc1ccc(-n2c(SCC(=O)Nc3ccc(F)cc3F)nnc2-c2ccccc2)cc1. The number of hydrogen-bond donors (Lipinski definition) is 1. The van der Waals surface area contributed by atoms with E-state index in [2.05, 4.69) is 15.5 Å². The van der Waals surface area contributed by atoms with Gasteiger partial charge in [-0.2, -0.15) is 0 Å². The molecule has 0 unspecified atom stereocenters. The van der Waals surface area contributed by atoms with Crippen LogP contribution in [0.4, 0.5) is 14.5 Å². The number of hydrogen-bond acceptors (Lipinski definition) is 5. The molecule has 33 heavy (non-hydrogen) atoms. The molecule has 0 aliphatic heterocycles. The van der Waals surface area contributed by atoms with E-state index in [0.717, 1.165) is 40.9 Å². The molecule has 6 nitrogen and oxygen atoms in total. The first kappa shape index (κ1) is 22.5. The Morgan fingerprint density at radius 2 is 1.79 bits per heavy atom. The number of benzene rings is 3. The van der Waals surface area contributed by atoms with Crippen molar-refractivity contribution in [2.45, 2.75) is 12.1 Å². The fraction of sp³-hybridized carbons (Fsp3) is 0.125. The summed E-state index contributed by atoms with van der Waals surface area (Å²) in [6.07, 6.45) is 0. The van der Waals surface area contributed by atoms with Gasteiger partial charge in [0.15, 0.2) is 11.0 Å². The van der Waals surface area contributed by atoms with E-state index in [4.69, 9.17) is 4.74 Å². The number of anilines is 1. The number of carbonyl (C=O) groups is 1. The second kappa shape index (κ2) is 10.3. The van der Waals surface area contributed by atoms with Gasteiger partial charge in [-0.3, -0.25) is 9.36 Å². The summed E-state index contributed by atoms with van der Waals surface area (Å²) in [4.78, 5) is 12.4. The van der Waals surface area contributed by atoms with Gasteiger partial charge in [0.05, 0.1) is 18.0 Å². The summed E-state index contributed by atoms with van der Waals surface area (Å²) in [5, 5.41) is 11.6. The van der Waals surface area contributed by atoms with E-state index in [1.807, 2.05) is 66.1 Å². The van der Waals surface area contributed by atoms with Crippen molar-refractivity contribution >= 4 is 23.4 Å². The third-order valence-electron chi connectivity index (χ3n) is 4.61. The second-order valence-electron chi connectivity index (χ2n) is 6.90. The van der Waals surface area contributed by atoms with Gasteiger partial charge >= 0.3 is 0 Å². The van der Waals surface area contributed by atoms with Crippen LogP contribution in [0, 0.1) is 11.6 Å². The topological polar surface area (TPSA) is 69.0 Å². The van der Waals surface area contributed by atoms with Crippen LogP contribution in [0.5, 0.6) is 5.75 Å². The molecule has 0 atom stereocenters. The predicted molar refractivity (Wildman–Crippen MR) is 124 cm³/mol. The van der Waals surface area contributed by atoms with Crippen molar-refractivity contribution in [1.29, 1.82) is 0 Å². The van der Waals surface area contributed by atoms with Crippen molar-refractivity contribution in [3.05, 3.63) is 84.4 Å². The molecule has 0 bridgehead atoms. The summed E-state index contributed by atoms with van der Waals surface area (Å²) in [6.45, 7) is 2.48. The van der Waals surface area contributed by atoms with Crippen LogP contribution in [0.25, 0.3) is 17.1 Å². The zero-order chi connectivity index (χ0) is 23.2. The molecule has 1 amide bonds. The number of nitrogens with zero attached hydrogens (tertiary/aromatic N) is 3. The van der Waals surface area contributed by atoms with Gasteiger partial charge in [0, 0.05) is 17.3 Å². The smallest absolute Gasteiger partial charge is 0.234 e. The number of ether oxygens (including phenoxy) is 1. The molecule has 3 aromatic carbocycles. The molecule has 0 saturated carbocycles. The predicted octanol–water partition coefficient (Wildman–Crippen LogP) is 5.34. The van der Waals surface area contributed by atoms with Crippen LogP contribution in [0.2, 0.25) is 0 Å². The zero-order valence-corrected chi connectivity index (χ0v) is 18.5. The average Bonchev–Trinajstić information content (AvgIpc) is 3.25. The van der Waals surface area contributed by atoms with Crippen LogP contribution in [0.1, 0.15) is 6.92 Å². The third kappa shape index (κ3) is 5.38. The minimum atomic E-state index is -0.836. The highest BCUT2D eigenvalue weighted by atomic mass is 32.2. The van der Waals surface area contributed by atoms with Crippen LogP contribution in [0.3, 0.4) is 0 Å². The lowest BCUT2D eigenvalue weighted by Crippen LogP contribution is -2.15. The van der Waals surface area contributed by atoms with E-state index in [0.29, 0.717) is 17.6 Å². The van der Waals surface area contributed by atoms with Gasteiger partial charge in [0.1, 0.15) is 17.4 Å². The maximum Gasteiger partial charge on any atom is 0.234 e. The summed E-state index contributed by atoms with van der Waals surface area (Å²) in [6, 6.07) is 20.0. The van der Waals surface area contributed by atoms with Crippen LogP contribution >= 0.6 is 11.8 Å². The monoisotopic (exact) mass is 466 g/mol. The highest BCUT2D eigenvalue weighted by Gasteiger charge is 2.18. The molecular formula is C24H20F2N4O2S. The summed E-state index contributed by atoms with van der Waals surface area (Å²) in [7, 11) is 0. The van der Waals surface area contributed by atoms with Gasteiger partial charge in [-0.15, -0.1) is 10.2 Å². The van der Waals surface area contributed by atoms with Crippen LogP contribution in [-0.2, 0) is 4.79 Å². The fourth-order valence-corrected chi connectivity index (χ4v) is 3.89. The quantitative estimate of drug-likeness (QED) is 0.355. The van der Waals surface area contributed by atoms with E-state index in [1.54, 1.807) is 0 Å². The molecule has 0 fully saturated rings. The summed E-state index contributed by atoms with van der Waals surface area (Å²) < 4.78 is 34.3. The van der Waals surface area contributed by atoms with Crippen molar-refractivity contribution in [3.63, 3.8) is 0 Å². The number of carbonyl (C=O) groups excluding carboxylic acids is 1. The molecule has 168 valence electrons. The summed E-state index contributed by atoms with van der Waals surface area (Å²) >= 11 is 1.16. The Labute approximate surface area is 193 Å². The van der Waals surface area contributed by atoms with E-state index < -0.39 is 17.5 Å². The first-order chi connectivity index (χ1) is 16.0. The number of amides is 1. The highest BCUT2D eigenvalue weighted by Crippen LogP contribution is 2.29. The molecule has 1 heterocycles. The van der Waals surface area contributed by atoms with Crippen LogP contribution in [0.15, 0.2) is 78.0 Å². The summed E-state index contributed by atoms with van der Waals surface area (Å²) in [5.41, 5.74) is 1.58. The van der Waals surface area contributed by atoms with Gasteiger partial charge in [-0.1, -0.05) is 42.1 Å². The van der Waals surface area contributed by atoms with Crippen molar-refractivity contribution in [3.8, 4) is 22.8 Å². The number of nitrogens with one attached hydrogen (secondary N) is 1. The minimum absolute atomic E-state index is 0.0409. The zero-order valence-electron chi connectivity index (χ0n) is 17.7. The first-order valence-corrected chi connectivity index (χ1v) is 11.2. The Morgan fingerprint density at radius 3 is 2.48 bits per heavy atom. The van der Waals surface area contributed by atoms with Crippen molar-refractivity contribution in [2.75, 3.05) is 17.7 Å². The van der Waals surface area contributed by atoms with E-state index >= 15 is 0 Å². The molecule has 4 rings (SSSR count). The molecule has 0 saturated heterocycles. The molecule has 1 N–H and O–H groups in total. The molecule has 9 heteroatoms. The second-order valence-corrected chi connectivity index (χ2v) is 7.84. The van der Waals surface area contributed by atoms with E-state index in [1.165, 1.54) is 6.07 Å².